The Morgan fingerprint density at radius 3 is 2.50 bits per heavy atom. The first kappa shape index (κ1) is 11.0. The molecule has 1 heterocycles. The van der Waals surface area contributed by atoms with Crippen LogP contribution in [0.1, 0.15) is 12.5 Å². The van der Waals surface area contributed by atoms with Gasteiger partial charge in [-0.2, -0.15) is 0 Å². The second kappa shape index (κ2) is 4.17. The first-order valence-electron chi connectivity index (χ1n) is 4.92. The number of nitrogens with one attached hydrogen (secondary N) is 1. The molecule has 0 fully saturated rings. The first-order valence-corrected chi connectivity index (χ1v) is 5.71. The van der Waals surface area contributed by atoms with Gasteiger partial charge in [-0.15, -0.1) is 0 Å². The summed E-state index contributed by atoms with van der Waals surface area (Å²) >= 11 is 3.33. The van der Waals surface area contributed by atoms with Crippen LogP contribution in [0.25, 0.3) is 5.69 Å². The molecular formula is C11H11BrN2O2. The summed E-state index contributed by atoms with van der Waals surface area (Å²) in [5, 5.41) is 12.4. The standard InChI is InChI=1S/C11H11BrN2O2/c1-2-9-10(15)13-14(11(9)16)8-5-3-7(12)4-6-8/h3-6,16H,2H2,1H3,(H,13,15). The highest BCUT2D eigenvalue weighted by Gasteiger charge is 2.12. The number of rotatable bonds is 2. The van der Waals surface area contributed by atoms with Crippen molar-refractivity contribution in [2.45, 2.75) is 13.3 Å². The second-order valence-corrected chi connectivity index (χ2v) is 4.32. The Hall–Kier alpha value is -1.49. The van der Waals surface area contributed by atoms with Crippen molar-refractivity contribution in [3.8, 4) is 11.6 Å². The SMILES string of the molecule is CCc1c(O)n(-c2ccc(Br)cc2)[nH]c1=O. The van der Waals surface area contributed by atoms with Gasteiger partial charge in [-0.25, -0.2) is 4.68 Å². The summed E-state index contributed by atoms with van der Waals surface area (Å²) in [7, 11) is 0. The van der Waals surface area contributed by atoms with Crippen molar-refractivity contribution < 1.29 is 5.11 Å². The molecule has 2 N–H and O–H groups in total. The largest absolute Gasteiger partial charge is 0.493 e. The van der Waals surface area contributed by atoms with Gasteiger partial charge in [0.15, 0.2) is 0 Å². The molecule has 0 bridgehead atoms. The fraction of sp³-hybridized carbons (Fsp3) is 0.182. The van der Waals surface area contributed by atoms with Crippen molar-refractivity contribution in [3.63, 3.8) is 0 Å². The lowest BCUT2D eigenvalue weighted by atomic mass is 10.2. The summed E-state index contributed by atoms with van der Waals surface area (Å²) < 4.78 is 2.33. The van der Waals surface area contributed by atoms with E-state index in [2.05, 4.69) is 21.0 Å². The van der Waals surface area contributed by atoms with Crippen LogP contribution in [0.4, 0.5) is 0 Å². The van der Waals surface area contributed by atoms with Crippen LogP contribution < -0.4 is 5.56 Å². The monoisotopic (exact) mass is 282 g/mol. The lowest BCUT2D eigenvalue weighted by Gasteiger charge is -2.04. The van der Waals surface area contributed by atoms with Gasteiger partial charge in [0.05, 0.1) is 11.3 Å². The van der Waals surface area contributed by atoms with Crippen LogP contribution in [0, 0.1) is 0 Å². The highest BCUT2D eigenvalue weighted by Crippen LogP contribution is 2.20. The van der Waals surface area contributed by atoms with Crippen molar-refractivity contribution in [2.75, 3.05) is 0 Å². The Morgan fingerprint density at radius 2 is 2.00 bits per heavy atom. The van der Waals surface area contributed by atoms with Gasteiger partial charge in [0.1, 0.15) is 0 Å². The highest BCUT2D eigenvalue weighted by molar-refractivity contribution is 9.10. The van der Waals surface area contributed by atoms with Gasteiger partial charge < -0.3 is 5.11 Å². The zero-order chi connectivity index (χ0) is 11.7. The maximum Gasteiger partial charge on any atom is 0.271 e. The molecule has 0 unspecified atom stereocenters. The molecular weight excluding hydrogens is 272 g/mol. The molecule has 2 rings (SSSR count). The van der Waals surface area contributed by atoms with Gasteiger partial charge in [-0.3, -0.25) is 9.89 Å². The average Bonchev–Trinajstić information content (AvgIpc) is 2.55. The van der Waals surface area contributed by atoms with Gasteiger partial charge in [0.25, 0.3) is 5.56 Å². The number of aromatic amines is 1. The fourth-order valence-electron chi connectivity index (χ4n) is 1.55. The predicted octanol–water partition coefficient (Wildman–Crippen LogP) is 2.20. The molecule has 1 aromatic heterocycles. The summed E-state index contributed by atoms with van der Waals surface area (Å²) in [5.41, 5.74) is 0.878. The van der Waals surface area contributed by atoms with Gasteiger partial charge in [-0.05, 0) is 30.7 Å². The molecule has 2 aromatic rings. The Morgan fingerprint density at radius 1 is 1.38 bits per heavy atom. The van der Waals surface area contributed by atoms with E-state index in [4.69, 9.17) is 0 Å². The van der Waals surface area contributed by atoms with Gasteiger partial charge in [0.2, 0.25) is 5.88 Å². The van der Waals surface area contributed by atoms with Gasteiger partial charge in [-0.1, -0.05) is 22.9 Å². The first-order chi connectivity index (χ1) is 7.63. The summed E-state index contributed by atoms with van der Waals surface area (Å²) in [6.07, 6.45) is 0.505. The van der Waals surface area contributed by atoms with Crippen LogP contribution in [0.3, 0.4) is 0 Å². The Balaban J connectivity index is 2.56. The molecule has 0 aliphatic carbocycles. The third-order valence-electron chi connectivity index (χ3n) is 2.41. The summed E-state index contributed by atoms with van der Waals surface area (Å²) in [5.74, 6) is -0.0187. The Kier molecular flexibility index (Phi) is 2.87. The Labute approximate surface area is 101 Å². The lowest BCUT2D eigenvalue weighted by Crippen LogP contribution is -2.06. The number of aromatic hydroxyl groups is 1. The second-order valence-electron chi connectivity index (χ2n) is 3.41. The smallest absolute Gasteiger partial charge is 0.271 e. The molecule has 0 amide bonds. The third-order valence-corrected chi connectivity index (χ3v) is 2.94. The van der Waals surface area contributed by atoms with Crippen LogP contribution in [-0.2, 0) is 6.42 Å². The van der Waals surface area contributed by atoms with Crippen LogP contribution >= 0.6 is 15.9 Å². The number of halogens is 1. The van der Waals surface area contributed by atoms with Crippen molar-refractivity contribution in [3.05, 3.63) is 44.7 Å². The van der Waals surface area contributed by atoms with Crippen molar-refractivity contribution >= 4 is 15.9 Å². The molecule has 0 saturated heterocycles. The maximum absolute atomic E-state index is 11.5. The van der Waals surface area contributed by atoms with E-state index in [0.29, 0.717) is 12.0 Å². The van der Waals surface area contributed by atoms with Crippen LogP contribution in [0.15, 0.2) is 33.5 Å². The highest BCUT2D eigenvalue weighted by atomic mass is 79.9. The van der Waals surface area contributed by atoms with Crippen molar-refractivity contribution in [1.82, 2.24) is 9.78 Å². The van der Waals surface area contributed by atoms with E-state index in [-0.39, 0.29) is 11.4 Å². The number of hydrogen-bond donors (Lipinski definition) is 2. The van der Waals surface area contributed by atoms with Crippen molar-refractivity contribution in [2.24, 2.45) is 0 Å². The molecule has 84 valence electrons. The zero-order valence-corrected chi connectivity index (χ0v) is 10.3. The number of H-pyrrole nitrogens is 1. The summed E-state index contributed by atoms with van der Waals surface area (Å²) in [4.78, 5) is 11.5. The number of benzene rings is 1. The number of nitrogens with zero attached hydrogens (tertiary/aromatic N) is 1. The predicted molar refractivity (Wildman–Crippen MR) is 65.1 cm³/mol. The normalized spacial score (nSPS) is 10.6. The van der Waals surface area contributed by atoms with Crippen molar-refractivity contribution in [1.29, 1.82) is 0 Å². The molecule has 0 radical (unpaired) electrons. The topological polar surface area (TPSA) is 58.0 Å². The lowest BCUT2D eigenvalue weighted by molar-refractivity contribution is 0.428. The molecule has 4 nitrogen and oxygen atoms in total. The zero-order valence-electron chi connectivity index (χ0n) is 8.70. The van der Waals surface area contributed by atoms with E-state index in [1.807, 2.05) is 19.1 Å². The van der Waals surface area contributed by atoms with Gasteiger partial charge >= 0.3 is 0 Å². The minimum Gasteiger partial charge on any atom is -0.493 e. The molecule has 0 atom stereocenters. The molecule has 1 aromatic carbocycles. The van der Waals surface area contributed by atoms with E-state index in [9.17, 15) is 9.90 Å². The minimum absolute atomic E-state index is 0.0187. The van der Waals surface area contributed by atoms with Crippen LogP contribution in [-0.4, -0.2) is 14.9 Å². The minimum atomic E-state index is -0.247. The summed E-state index contributed by atoms with van der Waals surface area (Å²) in [6, 6.07) is 7.30. The quantitative estimate of drug-likeness (QED) is 0.887. The van der Waals surface area contributed by atoms with E-state index in [1.165, 1.54) is 4.68 Å². The molecule has 5 heteroatoms. The third kappa shape index (κ3) is 1.78. The Bertz CT molecular complexity index is 554. The molecule has 0 spiro atoms. The van der Waals surface area contributed by atoms with E-state index < -0.39 is 0 Å². The van der Waals surface area contributed by atoms with Crippen LogP contribution in [0.5, 0.6) is 5.88 Å². The molecule has 0 aliphatic heterocycles. The fourth-order valence-corrected chi connectivity index (χ4v) is 1.82. The number of hydrogen-bond acceptors (Lipinski definition) is 2. The van der Waals surface area contributed by atoms with Gasteiger partial charge in [0, 0.05) is 4.47 Å². The molecule has 0 saturated carbocycles. The average molecular weight is 283 g/mol. The van der Waals surface area contributed by atoms with E-state index in [1.54, 1.807) is 12.1 Å². The summed E-state index contributed by atoms with van der Waals surface area (Å²) in [6.45, 7) is 1.83. The number of aromatic nitrogens is 2. The maximum atomic E-state index is 11.5. The van der Waals surface area contributed by atoms with E-state index in [0.717, 1.165) is 10.2 Å². The molecule has 16 heavy (non-hydrogen) atoms. The van der Waals surface area contributed by atoms with Crippen LogP contribution in [0.2, 0.25) is 0 Å². The molecule has 0 aliphatic rings. The van der Waals surface area contributed by atoms with E-state index >= 15 is 0 Å².